The lowest BCUT2D eigenvalue weighted by molar-refractivity contribution is 0.237. The smallest absolute Gasteiger partial charge is 0.0637 e. The van der Waals surface area contributed by atoms with Crippen molar-refractivity contribution in [3.8, 4) is 0 Å². The van der Waals surface area contributed by atoms with Crippen molar-refractivity contribution in [2.24, 2.45) is 5.92 Å². The molecule has 18 heavy (non-hydrogen) atoms. The molecule has 1 fully saturated rings. The predicted octanol–water partition coefficient (Wildman–Crippen LogP) is 4.08. The molecule has 0 amide bonds. The zero-order chi connectivity index (χ0) is 12.8. The highest BCUT2D eigenvalue weighted by Gasteiger charge is 2.18. The Hall–Kier alpha value is -0.730. The zero-order valence-corrected chi connectivity index (χ0v) is 11.5. The highest BCUT2D eigenvalue weighted by Crippen LogP contribution is 2.29. The van der Waals surface area contributed by atoms with E-state index in [1.165, 1.54) is 32.1 Å². The molecule has 1 saturated carbocycles. The maximum absolute atomic E-state index is 9.50. The van der Waals surface area contributed by atoms with Crippen LogP contribution in [0.15, 0.2) is 24.3 Å². The van der Waals surface area contributed by atoms with Crippen molar-refractivity contribution < 1.29 is 5.11 Å². The highest BCUT2D eigenvalue weighted by molar-refractivity contribution is 6.33. The summed E-state index contributed by atoms with van der Waals surface area (Å²) in [6, 6.07) is 7.84. The number of rotatable bonds is 5. The van der Waals surface area contributed by atoms with Crippen LogP contribution in [0.25, 0.3) is 0 Å². The van der Waals surface area contributed by atoms with Crippen LogP contribution in [-0.4, -0.2) is 17.8 Å². The largest absolute Gasteiger partial charge is 0.394 e. The first-order valence-corrected chi connectivity index (χ1v) is 7.29. The third-order valence-electron chi connectivity index (χ3n) is 3.80. The first-order valence-electron chi connectivity index (χ1n) is 6.91. The van der Waals surface area contributed by atoms with Crippen LogP contribution in [0.4, 0.5) is 5.69 Å². The van der Waals surface area contributed by atoms with Gasteiger partial charge in [-0.1, -0.05) is 55.8 Å². The van der Waals surface area contributed by atoms with Gasteiger partial charge >= 0.3 is 0 Å². The third kappa shape index (κ3) is 3.89. The summed E-state index contributed by atoms with van der Waals surface area (Å²) in [6.07, 6.45) is 7.71. The molecule has 0 heterocycles. The minimum atomic E-state index is 0.119. The van der Waals surface area contributed by atoms with E-state index in [9.17, 15) is 5.11 Å². The summed E-state index contributed by atoms with van der Waals surface area (Å²) in [7, 11) is 0. The summed E-state index contributed by atoms with van der Waals surface area (Å²) in [6.45, 7) is 0.168. The number of benzene rings is 1. The van der Waals surface area contributed by atoms with Crippen molar-refractivity contribution in [2.45, 2.75) is 44.6 Å². The van der Waals surface area contributed by atoms with Gasteiger partial charge < -0.3 is 10.4 Å². The number of hydrogen-bond acceptors (Lipinski definition) is 2. The minimum absolute atomic E-state index is 0.119. The molecule has 0 aliphatic heterocycles. The van der Waals surface area contributed by atoms with Gasteiger partial charge in [0.25, 0.3) is 0 Å². The van der Waals surface area contributed by atoms with E-state index in [0.29, 0.717) is 0 Å². The SMILES string of the molecule is OCC(CC1CCCCC1)Nc1ccccc1Cl. The van der Waals surface area contributed by atoms with Crippen LogP contribution in [0.1, 0.15) is 38.5 Å². The summed E-state index contributed by atoms with van der Waals surface area (Å²) >= 11 is 6.12. The van der Waals surface area contributed by atoms with Crippen molar-refractivity contribution in [1.29, 1.82) is 0 Å². The third-order valence-corrected chi connectivity index (χ3v) is 4.13. The molecular weight excluding hydrogens is 246 g/mol. The fraction of sp³-hybridized carbons (Fsp3) is 0.600. The van der Waals surface area contributed by atoms with Crippen LogP contribution in [0.5, 0.6) is 0 Å². The van der Waals surface area contributed by atoms with E-state index in [-0.39, 0.29) is 12.6 Å². The minimum Gasteiger partial charge on any atom is -0.394 e. The van der Waals surface area contributed by atoms with Crippen molar-refractivity contribution in [1.82, 2.24) is 0 Å². The number of aliphatic hydroxyl groups is 1. The van der Waals surface area contributed by atoms with Gasteiger partial charge in [-0.3, -0.25) is 0 Å². The second-order valence-electron chi connectivity index (χ2n) is 5.24. The molecule has 1 atom stereocenters. The Labute approximate surface area is 114 Å². The molecular formula is C15H22ClNO. The van der Waals surface area contributed by atoms with E-state index in [2.05, 4.69) is 5.32 Å². The monoisotopic (exact) mass is 267 g/mol. The summed E-state index contributed by atoms with van der Waals surface area (Å²) in [4.78, 5) is 0. The van der Waals surface area contributed by atoms with Gasteiger partial charge in [0.05, 0.1) is 17.3 Å². The Kier molecular flexibility index (Phi) is 5.33. The van der Waals surface area contributed by atoms with Gasteiger partial charge in [0.15, 0.2) is 0 Å². The lowest BCUT2D eigenvalue weighted by Crippen LogP contribution is -2.27. The van der Waals surface area contributed by atoms with Crippen molar-refractivity contribution in [2.75, 3.05) is 11.9 Å². The fourth-order valence-electron chi connectivity index (χ4n) is 2.80. The van der Waals surface area contributed by atoms with Gasteiger partial charge in [-0.05, 0) is 24.5 Å². The van der Waals surface area contributed by atoms with Crippen LogP contribution in [0.3, 0.4) is 0 Å². The number of nitrogens with one attached hydrogen (secondary N) is 1. The molecule has 0 bridgehead atoms. The van der Waals surface area contributed by atoms with Crippen molar-refractivity contribution in [3.63, 3.8) is 0 Å². The summed E-state index contributed by atoms with van der Waals surface area (Å²) in [5, 5.41) is 13.6. The molecule has 1 aliphatic carbocycles. The molecule has 0 radical (unpaired) electrons. The molecule has 1 aromatic carbocycles. The van der Waals surface area contributed by atoms with E-state index in [0.717, 1.165) is 23.0 Å². The molecule has 100 valence electrons. The molecule has 2 rings (SSSR count). The molecule has 1 unspecified atom stereocenters. The first kappa shape index (κ1) is 13.7. The van der Waals surface area contributed by atoms with Gasteiger partial charge in [-0.2, -0.15) is 0 Å². The standard InChI is InChI=1S/C15H22ClNO/c16-14-8-4-5-9-15(14)17-13(11-18)10-12-6-2-1-3-7-12/h4-5,8-9,12-13,17-18H,1-3,6-7,10-11H2. The quantitative estimate of drug-likeness (QED) is 0.842. The molecule has 2 N–H and O–H groups in total. The van der Waals surface area contributed by atoms with E-state index < -0.39 is 0 Å². The Balaban J connectivity index is 1.90. The topological polar surface area (TPSA) is 32.3 Å². The molecule has 2 nitrogen and oxygen atoms in total. The lowest BCUT2D eigenvalue weighted by Gasteiger charge is -2.27. The van der Waals surface area contributed by atoms with Crippen molar-refractivity contribution in [3.05, 3.63) is 29.3 Å². The summed E-state index contributed by atoms with van der Waals surface area (Å²) in [5.74, 6) is 0.755. The van der Waals surface area contributed by atoms with Gasteiger partial charge in [0.2, 0.25) is 0 Å². The second kappa shape index (κ2) is 7.01. The maximum Gasteiger partial charge on any atom is 0.0637 e. The molecule has 1 aliphatic rings. The Morgan fingerprint density at radius 3 is 2.61 bits per heavy atom. The summed E-state index contributed by atoms with van der Waals surface area (Å²) in [5.41, 5.74) is 0.925. The van der Waals surface area contributed by atoms with E-state index in [1.807, 2.05) is 24.3 Å². The van der Waals surface area contributed by atoms with Gasteiger partial charge in [0.1, 0.15) is 0 Å². The molecule has 3 heteroatoms. The number of anilines is 1. The Morgan fingerprint density at radius 1 is 1.22 bits per heavy atom. The maximum atomic E-state index is 9.50. The fourth-order valence-corrected chi connectivity index (χ4v) is 2.99. The summed E-state index contributed by atoms with van der Waals surface area (Å²) < 4.78 is 0. The van der Waals surface area contributed by atoms with Crippen LogP contribution in [0.2, 0.25) is 5.02 Å². The van der Waals surface area contributed by atoms with E-state index in [1.54, 1.807) is 0 Å². The predicted molar refractivity (Wildman–Crippen MR) is 77.1 cm³/mol. The second-order valence-corrected chi connectivity index (χ2v) is 5.65. The highest BCUT2D eigenvalue weighted by atomic mass is 35.5. The Bertz CT molecular complexity index is 363. The van der Waals surface area contributed by atoms with Gasteiger partial charge in [-0.25, -0.2) is 0 Å². The van der Waals surface area contributed by atoms with Crippen LogP contribution in [0, 0.1) is 5.92 Å². The number of aliphatic hydroxyl groups excluding tert-OH is 1. The normalized spacial score (nSPS) is 18.6. The van der Waals surface area contributed by atoms with Gasteiger partial charge in [0, 0.05) is 6.04 Å². The number of hydrogen-bond donors (Lipinski definition) is 2. The van der Waals surface area contributed by atoms with Gasteiger partial charge in [-0.15, -0.1) is 0 Å². The van der Waals surface area contributed by atoms with Crippen LogP contribution < -0.4 is 5.32 Å². The average molecular weight is 268 g/mol. The van der Waals surface area contributed by atoms with E-state index in [4.69, 9.17) is 11.6 Å². The first-order chi connectivity index (χ1) is 8.79. The van der Waals surface area contributed by atoms with Crippen LogP contribution >= 0.6 is 11.6 Å². The van der Waals surface area contributed by atoms with E-state index >= 15 is 0 Å². The van der Waals surface area contributed by atoms with Crippen molar-refractivity contribution >= 4 is 17.3 Å². The number of para-hydroxylation sites is 1. The lowest BCUT2D eigenvalue weighted by atomic mass is 9.85. The molecule has 0 spiro atoms. The zero-order valence-electron chi connectivity index (χ0n) is 10.7. The molecule has 0 saturated heterocycles. The molecule has 1 aromatic rings. The number of halogens is 1. The van der Waals surface area contributed by atoms with Crippen LogP contribution in [-0.2, 0) is 0 Å². The Morgan fingerprint density at radius 2 is 1.94 bits per heavy atom. The molecule has 0 aromatic heterocycles. The average Bonchev–Trinajstić information content (AvgIpc) is 2.41.